The summed E-state index contributed by atoms with van der Waals surface area (Å²) in [5.74, 6) is 0.721. The molecule has 0 bridgehead atoms. The SMILES string of the molecule is O=S(=O)(CCO)c1ccc2c(c1)OCCCO2. The minimum Gasteiger partial charge on any atom is -0.490 e. The fourth-order valence-electron chi connectivity index (χ4n) is 1.58. The normalized spacial score (nSPS) is 15.4. The molecule has 0 saturated carbocycles. The highest BCUT2D eigenvalue weighted by atomic mass is 32.2. The molecule has 0 aromatic heterocycles. The van der Waals surface area contributed by atoms with E-state index in [0.717, 1.165) is 6.42 Å². The Bertz CT molecular complexity index is 495. The van der Waals surface area contributed by atoms with Gasteiger partial charge < -0.3 is 14.6 Å². The third kappa shape index (κ3) is 2.70. The molecule has 0 atom stereocenters. The second-order valence-electron chi connectivity index (χ2n) is 3.70. The maximum absolute atomic E-state index is 11.7. The van der Waals surface area contributed by atoms with Crippen LogP contribution in [0.25, 0.3) is 0 Å². The lowest BCUT2D eigenvalue weighted by Gasteiger charge is -2.09. The summed E-state index contributed by atoms with van der Waals surface area (Å²) in [6.45, 7) is 0.684. The Kier molecular flexibility index (Phi) is 3.54. The highest BCUT2D eigenvalue weighted by Gasteiger charge is 2.18. The van der Waals surface area contributed by atoms with Gasteiger partial charge in [-0.3, -0.25) is 0 Å². The molecule has 0 unspecified atom stereocenters. The van der Waals surface area contributed by atoms with Crippen molar-refractivity contribution in [2.75, 3.05) is 25.6 Å². The van der Waals surface area contributed by atoms with E-state index in [1.807, 2.05) is 0 Å². The Hall–Kier alpha value is -1.27. The van der Waals surface area contributed by atoms with E-state index in [2.05, 4.69) is 0 Å². The molecule has 0 radical (unpaired) electrons. The number of sulfone groups is 1. The van der Waals surface area contributed by atoms with Gasteiger partial charge >= 0.3 is 0 Å². The monoisotopic (exact) mass is 258 g/mol. The number of hydrogen-bond acceptors (Lipinski definition) is 5. The number of ether oxygens (including phenoxy) is 2. The fraction of sp³-hybridized carbons (Fsp3) is 0.455. The summed E-state index contributed by atoms with van der Waals surface area (Å²) in [5.41, 5.74) is 0. The molecule has 0 spiro atoms. The summed E-state index contributed by atoms with van der Waals surface area (Å²) in [4.78, 5) is 0.149. The minimum absolute atomic E-state index is 0.149. The van der Waals surface area contributed by atoms with Crippen molar-refractivity contribution >= 4 is 9.84 Å². The molecule has 1 aliphatic rings. The average Bonchev–Trinajstić information content (AvgIpc) is 2.52. The van der Waals surface area contributed by atoms with Gasteiger partial charge in [0.2, 0.25) is 0 Å². The quantitative estimate of drug-likeness (QED) is 0.860. The van der Waals surface area contributed by atoms with Gasteiger partial charge in [0.25, 0.3) is 0 Å². The minimum atomic E-state index is -3.44. The van der Waals surface area contributed by atoms with Gasteiger partial charge in [-0.2, -0.15) is 0 Å². The summed E-state index contributed by atoms with van der Waals surface area (Å²) in [6, 6.07) is 4.51. The fourth-order valence-corrected chi connectivity index (χ4v) is 2.61. The molecule has 1 N–H and O–H groups in total. The van der Waals surface area contributed by atoms with Crippen molar-refractivity contribution in [3.63, 3.8) is 0 Å². The van der Waals surface area contributed by atoms with Crippen LogP contribution in [-0.4, -0.2) is 39.1 Å². The first kappa shape index (κ1) is 12.2. The molecule has 94 valence electrons. The maximum atomic E-state index is 11.7. The summed E-state index contributed by atoms with van der Waals surface area (Å²) in [5, 5.41) is 8.71. The van der Waals surface area contributed by atoms with Crippen LogP contribution in [-0.2, 0) is 9.84 Å². The molecule has 6 heteroatoms. The number of benzene rings is 1. The highest BCUT2D eigenvalue weighted by Crippen LogP contribution is 2.32. The van der Waals surface area contributed by atoms with Crippen LogP contribution >= 0.6 is 0 Å². The van der Waals surface area contributed by atoms with Crippen molar-refractivity contribution in [3.8, 4) is 11.5 Å². The number of fused-ring (bicyclic) bond motifs is 1. The Balaban J connectivity index is 2.36. The number of aliphatic hydroxyl groups is 1. The molecule has 0 fully saturated rings. The summed E-state index contributed by atoms with van der Waals surface area (Å²) in [6.07, 6.45) is 0.771. The summed E-state index contributed by atoms with van der Waals surface area (Å²) >= 11 is 0. The molecule has 1 aromatic carbocycles. The van der Waals surface area contributed by atoms with Crippen LogP contribution in [0.2, 0.25) is 0 Å². The molecule has 2 rings (SSSR count). The van der Waals surface area contributed by atoms with Gasteiger partial charge in [0.1, 0.15) is 0 Å². The molecule has 17 heavy (non-hydrogen) atoms. The van der Waals surface area contributed by atoms with Gasteiger partial charge in [-0.25, -0.2) is 8.42 Å². The zero-order valence-corrected chi connectivity index (χ0v) is 10.1. The molecule has 1 aromatic rings. The molecule has 5 nitrogen and oxygen atoms in total. The highest BCUT2D eigenvalue weighted by molar-refractivity contribution is 7.91. The van der Waals surface area contributed by atoms with Crippen molar-refractivity contribution in [2.24, 2.45) is 0 Å². The van der Waals surface area contributed by atoms with E-state index in [1.165, 1.54) is 12.1 Å². The number of rotatable bonds is 3. The molecular weight excluding hydrogens is 244 g/mol. The Morgan fingerprint density at radius 1 is 1.18 bits per heavy atom. The Labute approximate surface area is 99.9 Å². The standard InChI is InChI=1S/C11H14O5S/c12-4-7-17(13,14)9-2-3-10-11(8-9)16-6-1-5-15-10/h2-3,8,12H,1,4-7H2. The lowest BCUT2D eigenvalue weighted by atomic mass is 10.3. The predicted octanol–water partition coefficient (Wildman–Crippen LogP) is 0.614. The van der Waals surface area contributed by atoms with E-state index >= 15 is 0 Å². The van der Waals surface area contributed by atoms with Gasteiger partial charge in [0.05, 0.1) is 30.5 Å². The predicted molar refractivity (Wildman–Crippen MR) is 61.2 cm³/mol. The lowest BCUT2D eigenvalue weighted by Crippen LogP contribution is -2.10. The van der Waals surface area contributed by atoms with Crippen molar-refractivity contribution < 1.29 is 23.0 Å². The number of aliphatic hydroxyl groups excluding tert-OH is 1. The van der Waals surface area contributed by atoms with E-state index in [9.17, 15) is 8.42 Å². The first-order valence-electron chi connectivity index (χ1n) is 5.37. The van der Waals surface area contributed by atoms with Crippen molar-refractivity contribution in [1.29, 1.82) is 0 Å². The smallest absolute Gasteiger partial charge is 0.180 e. The first-order chi connectivity index (χ1) is 8.13. The number of hydrogen-bond donors (Lipinski definition) is 1. The molecule has 1 aliphatic heterocycles. The Morgan fingerprint density at radius 3 is 2.59 bits per heavy atom. The summed E-state index contributed by atoms with van der Waals surface area (Å²) < 4.78 is 34.3. The van der Waals surface area contributed by atoms with Gasteiger partial charge in [-0.15, -0.1) is 0 Å². The zero-order valence-electron chi connectivity index (χ0n) is 9.26. The molecular formula is C11H14O5S. The molecule has 0 amide bonds. The van der Waals surface area contributed by atoms with Gasteiger partial charge in [-0.05, 0) is 12.1 Å². The van der Waals surface area contributed by atoms with Crippen molar-refractivity contribution in [2.45, 2.75) is 11.3 Å². The first-order valence-corrected chi connectivity index (χ1v) is 7.02. The van der Waals surface area contributed by atoms with Gasteiger partial charge in [0.15, 0.2) is 21.3 Å². The molecule has 0 saturated heterocycles. The lowest BCUT2D eigenvalue weighted by molar-refractivity contribution is 0.296. The summed E-state index contributed by atoms with van der Waals surface area (Å²) in [7, 11) is -3.44. The average molecular weight is 258 g/mol. The van der Waals surface area contributed by atoms with E-state index in [-0.39, 0.29) is 10.6 Å². The van der Waals surface area contributed by atoms with E-state index in [0.29, 0.717) is 24.7 Å². The van der Waals surface area contributed by atoms with E-state index in [4.69, 9.17) is 14.6 Å². The Morgan fingerprint density at radius 2 is 1.88 bits per heavy atom. The molecule has 1 heterocycles. The maximum Gasteiger partial charge on any atom is 0.180 e. The van der Waals surface area contributed by atoms with Crippen molar-refractivity contribution in [1.82, 2.24) is 0 Å². The van der Waals surface area contributed by atoms with Crippen LogP contribution in [0, 0.1) is 0 Å². The van der Waals surface area contributed by atoms with Gasteiger partial charge in [-0.1, -0.05) is 0 Å². The van der Waals surface area contributed by atoms with E-state index < -0.39 is 16.4 Å². The largest absolute Gasteiger partial charge is 0.490 e. The van der Waals surface area contributed by atoms with Crippen LogP contribution in [0.1, 0.15) is 6.42 Å². The van der Waals surface area contributed by atoms with Crippen LogP contribution in [0.15, 0.2) is 23.1 Å². The van der Waals surface area contributed by atoms with Crippen LogP contribution in [0.5, 0.6) is 11.5 Å². The third-order valence-corrected chi connectivity index (χ3v) is 4.13. The van der Waals surface area contributed by atoms with Crippen LogP contribution in [0.4, 0.5) is 0 Å². The van der Waals surface area contributed by atoms with Crippen molar-refractivity contribution in [3.05, 3.63) is 18.2 Å². The zero-order chi connectivity index (χ0) is 12.3. The second kappa shape index (κ2) is 4.93. The van der Waals surface area contributed by atoms with Crippen LogP contribution < -0.4 is 9.47 Å². The van der Waals surface area contributed by atoms with Crippen LogP contribution in [0.3, 0.4) is 0 Å². The topological polar surface area (TPSA) is 72.8 Å². The second-order valence-corrected chi connectivity index (χ2v) is 5.81. The van der Waals surface area contributed by atoms with Gasteiger partial charge in [0, 0.05) is 12.5 Å². The third-order valence-electron chi connectivity index (χ3n) is 2.44. The molecule has 0 aliphatic carbocycles. The van der Waals surface area contributed by atoms with E-state index in [1.54, 1.807) is 6.07 Å².